The first-order valence-electron chi connectivity index (χ1n) is 5.14. The average molecular weight is 314 g/mol. The number of pyridine rings is 1. The highest BCUT2D eigenvalue weighted by atomic mass is 79.9. The van der Waals surface area contributed by atoms with Gasteiger partial charge in [0.15, 0.2) is 0 Å². The standard InChI is InChI=1S/C12H10BrF2N3/c13-8-2-1-3-9(14)11(8)12(18-16)7-4-5-17-6-10(7)15/h1-6,12,18H,16H2. The molecule has 94 valence electrons. The second kappa shape index (κ2) is 5.51. The molecule has 0 radical (unpaired) electrons. The van der Waals surface area contributed by atoms with E-state index in [0.29, 0.717) is 4.47 Å². The first-order valence-corrected chi connectivity index (χ1v) is 5.94. The van der Waals surface area contributed by atoms with Gasteiger partial charge >= 0.3 is 0 Å². The summed E-state index contributed by atoms with van der Waals surface area (Å²) in [6, 6.07) is 5.19. The zero-order chi connectivity index (χ0) is 13.1. The van der Waals surface area contributed by atoms with Gasteiger partial charge in [0.05, 0.1) is 12.2 Å². The quantitative estimate of drug-likeness (QED) is 0.676. The molecule has 0 aliphatic carbocycles. The molecule has 0 bridgehead atoms. The van der Waals surface area contributed by atoms with Gasteiger partial charge in [-0.1, -0.05) is 22.0 Å². The molecule has 1 atom stereocenters. The number of hydrazine groups is 1. The average Bonchev–Trinajstić information content (AvgIpc) is 2.35. The molecule has 1 unspecified atom stereocenters. The lowest BCUT2D eigenvalue weighted by Crippen LogP contribution is -2.30. The number of hydrogen-bond acceptors (Lipinski definition) is 3. The molecule has 1 heterocycles. The van der Waals surface area contributed by atoms with Crippen LogP contribution in [0.25, 0.3) is 0 Å². The molecule has 0 amide bonds. The lowest BCUT2D eigenvalue weighted by Gasteiger charge is -2.19. The molecule has 0 aliphatic rings. The van der Waals surface area contributed by atoms with Crippen LogP contribution < -0.4 is 11.3 Å². The van der Waals surface area contributed by atoms with E-state index in [0.717, 1.165) is 6.20 Å². The Hall–Kier alpha value is -1.37. The van der Waals surface area contributed by atoms with Gasteiger partial charge in [0.2, 0.25) is 0 Å². The van der Waals surface area contributed by atoms with Gasteiger partial charge in [0.25, 0.3) is 0 Å². The Kier molecular flexibility index (Phi) is 4.00. The van der Waals surface area contributed by atoms with Crippen molar-refractivity contribution in [3.05, 3.63) is 63.9 Å². The van der Waals surface area contributed by atoms with Crippen LogP contribution in [0.5, 0.6) is 0 Å². The summed E-state index contributed by atoms with van der Waals surface area (Å²) in [4.78, 5) is 3.65. The van der Waals surface area contributed by atoms with Crippen molar-refractivity contribution in [3.8, 4) is 0 Å². The first kappa shape index (κ1) is 13.1. The van der Waals surface area contributed by atoms with Crippen LogP contribution in [0.4, 0.5) is 8.78 Å². The molecule has 0 aliphatic heterocycles. The fourth-order valence-electron chi connectivity index (χ4n) is 1.74. The summed E-state index contributed by atoms with van der Waals surface area (Å²) in [7, 11) is 0. The second-order valence-corrected chi connectivity index (χ2v) is 4.49. The van der Waals surface area contributed by atoms with E-state index in [-0.39, 0.29) is 11.1 Å². The number of nitrogens with zero attached hydrogens (tertiary/aromatic N) is 1. The maximum absolute atomic E-state index is 13.8. The lowest BCUT2D eigenvalue weighted by molar-refractivity contribution is 0.527. The van der Waals surface area contributed by atoms with Crippen LogP contribution >= 0.6 is 15.9 Å². The van der Waals surface area contributed by atoms with E-state index in [1.165, 1.54) is 18.3 Å². The highest BCUT2D eigenvalue weighted by molar-refractivity contribution is 9.10. The third-order valence-corrected chi connectivity index (χ3v) is 3.26. The molecule has 6 heteroatoms. The van der Waals surface area contributed by atoms with Crippen molar-refractivity contribution >= 4 is 15.9 Å². The Labute approximate surface area is 111 Å². The van der Waals surface area contributed by atoms with Crippen LogP contribution in [0.2, 0.25) is 0 Å². The van der Waals surface area contributed by atoms with E-state index in [1.807, 2.05) is 0 Å². The predicted octanol–water partition coefficient (Wildman–Crippen LogP) is 2.68. The van der Waals surface area contributed by atoms with Crippen molar-refractivity contribution in [2.75, 3.05) is 0 Å². The van der Waals surface area contributed by atoms with Gasteiger partial charge in [-0.05, 0) is 18.2 Å². The Bertz CT molecular complexity index is 543. The van der Waals surface area contributed by atoms with Crippen molar-refractivity contribution in [2.45, 2.75) is 6.04 Å². The molecule has 2 aromatic rings. The molecular formula is C12H10BrF2N3. The van der Waals surface area contributed by atoms with E-state index in [9.17, 15) is 8.78 Å². The minimum Gasteiger partial charge on any atom is -0.271 e. The fourth-order valence-corrected chi connectivity index (χ4v) is 2.31. The van der Waals surface area contributed by atoms with Crippen LogP contribution in [0.1, 0.15) is 17.2 Å². The third kappa shape index (κ3) is 2.40. The number of hydrogen-bond donors (Lipinski definition) is 2. The summed E-state index contributed by atoms with van der Waals surface area (Å²) in [5, 5.41) is 0. The zero-order valence-corrected chi connectivity index (χ0v) is 10.8. The molecule has 18 heavy (non-hydrogen) atoms. The van der Waals surface area contributed by atoms with Crippen molar-refractivity contribution in [1.29, 1.82) is 0 Å². The molecule has 0 fully saturated rings. The number of aromatic nitrogens is 1. The van der Waals surface area contributed by atoms with Gasteiger partial charge in [0.1, 0.15) is 11.6 Å². The normalized spacial score (nSPS) is 12.4. The largest absolute Gasteiger partial charge is 0.271 e. The Morgan fingerprint density at radius 1 is 1.22 bits per heavy atom. The smallest absolute Gasteiger partial charge is 0.146 e. The number of nitrogens with two attached hydrogens (primary N) is 1. The molecule has 0 saturated heterocycles. The summed E-state index contributed by atoms with van der Waals surface area (Å²) in [5.74, 6) is 4.40. The number of rotatable bonds is 3. The predicted molar refractivity (Wildman–Crippen MR) is 67.5 cm³/mol. The third-order valence-electron chi connectivity index (χ3n) is 2.57. The molecule has 3 nitrogen and oxygen atoms in total. The Balaban J connectivity index is 2.56. The molecule has 1 aromatic heterocycles. The van der Waals surface area contributed by atoms with Crippen molar-refractivity contribution in [3.63, 3.8) is 0 Å². The van der Waals surface area contributed by atoms with Crippen molar-refractivity contribution in [2.24, 2.45) is 5.84 Å². The summed E-state index contributed by atoms with van der Waals surface area (Å²) in [6.45, 7) is 0. The molecule has 0 spiro atoms. The SMILES string of the molecule is NNC(c1ccncc1F)c1c(F)cccc1Br. The van der Waals surface area contributed by atoms with Crippen LogP contribution in [0.15, 0.2) is 41.1 Å². The van der Waals surface area contributed by atoms with Crippen molar-refractivity contribution < 1.29 is 8.78 Å². The minimum atomic E-state index is -0.788. The highest BCUT2D eigenvalue weighted by Crippen LogP contribution is 2.31. The van der Waals surface area contributed by atoms with E-state index in [2.05, 4.69) is 26.3 Å². The maximum atomic E-state index is 13.8. The Morgan fingerprint density at radius 3 is 2.61 bits per heavy atom. The highest BCUT2D eigenvalue weighted by Gasteiger charge is 2.22. The van der Waals surface area contributed by atoms with Crippen LogP contribution in [0.3, 0.4) is 0 Å². The summed E-state index contributed by atoms with van der Waals surface area (Å²) in [5.41, 5.74) is 2.91. The monoisotopic (exact) mass is 313 g/mol. The van der Waals surface area contributed by atoms with Crippen LogP contribution in [0, 0.1) is 11.6 Å². The second-order valence-electron chi connectivity index (χ2n) is 3.63. The summed E-state index contributed by atoms with van der Waals surface area (Å²) < 4.78 is 28.0. The van der Waals surface area contributed by atoms with Gasteiger partial charge < -0.3 is 0 Å². The molecule has 2 rings (SSSR count). The van der Waals surface area contributed by atoms with Crippen LogP contribution in [-0.4, -0.2) is 4.98 Å². The van der Waals surface area contributed by atoms with Crippen LogP contribution in [-0.2, 0) is 0 Å². The topological polar surface area (TPSA) is 50.9 Å². The molecular weight excluding hydrogens is 304 g/mol. The zero-order valence-electron chi connectivity index (χ0n) is 9.20. The van der Waals surface area contributed by atoms with Gasteiger partial charge in [-0.25, -0.2) is 14.2 Å². The van der Waals surface area contributed by atoms with Gasteiger partial charge in [0, 0.05) is 21.8 Å². The summed E-state index contributed by atoms with van der Waals surface area (Å²) in [6.07, 6.45) is 2.49. The lowest BCUT2D eigenvalue weighted by atomic mass is 9.99. The fraction of sp³-hybridized carbons (Fsp3) is 0.0833. The maximum Gasteiger partial charge on any atom is 0.146 e. The van der Waals surface area contributed by atoms with Gasteiger partial charge in [-0.2, -0.15) is 0 Å². The molecule has 1 aromatic carbocycles. The molecule has 3 N–H and O–H groups in total. The number of benzene rings is 1. The van der Waals surface area contributed by atoms with E-state index < -0.39 is 17.7 Å². The Morgan fingerprint density at radius 2 is 2.00 bits per heavy atom. The van der Waals surface area contributed by atoms with Crippen molar-refractivity contribution in [1.82, 2.24) is 10.4 Å². The van der Waals surface area contributed by atoms with E-state index in [4.69, 9.17) is 5.84 Å². The number of nitrogens with one attached hydrogen (secondary N) is 1. The van der Waals surface area contributed by atoms with E-state index in [1.54, 1.807) is 12.1 Å². The molecule has 0 saturated carbocycles. The summed E-state index contributed by atoms with van der Waals surface area (Å²) >= 11 is 3.24. The van der Waals surface area contributed by atoms with Gasteiger partial charge in [-0.3, -0.25) is 10.8 Å². The number of halogens is 3. The van der Waals surface area contributed by atoms with E-state index >= 15 is 0 Å². The van der Waals surface area contributed by atoms with Gasteiger partial charge in [-0.15, -0.1) is 0 Å². The minimum absolute atomic E-state index is 0.235. The first-order chi connectivity index (χ1) is 8.65.